The molecule has 3 rings (SSSR count). The number of hydrogen-bond acceptors (Lipinski definition) is 5. The Labute approximate surface area is 146 Å². The predicted molar refractivity (Wildman–Crippen MR) is 91.8 cm³/mol. The Balaban J connectivity index is 1.70. The number of carbonyl (C=O) groups excluding carboxylic acids is 1. The number of rotatable bonds is 4. The Morgan fingerprint density at radius 1 is 1.20 bits per heavy atom. The van der Waals surface area contributed by atoms with E-state index in [-0.39, 0.29) is 0 Å². The van der Waals surface area contributed by atoms with Crippen LogP contribution in [0.5, 0.6) is 0 Å². The molecule has 2 amide bonds. The van der Waals surface area contributed by atoms with E-state index in [1.54, 1.807) is 6.07 Å². The van der Waals surface area contributed by atoms with Crippen molar-refractivity contribution in [1.82, 2.24) is 4.72 Å². The molecule has 134 valence electrons. The van der Waals surface area contributed by atoms with E-state index < -0.39 is 26.7 Å². The molecule has 1 aromatic carbocycles. The van der Waals surface area contributed by atoms with Gasteiger partial charge in [-0.05, 0) is 56.4 Å². The standard InChI is InChI=1S/C17H20N2O5S/c1-17(2,21)13-9-15(24-10-13)25(22,23)19-16(20)18-14-7-6-11-4-3-5-12(11)8-14/h6-10,21H,3-5H2,1-2H3,(H2,18,19,20). The molecule has 25 heavy (non-hydrogen) atoms. The van der Waals surface area contributed by atoms with E-state index >= 15 is 0 Å². The number of furan rings is 1. The second-order valence-electron chi connectivity index (χ2n) is 6.61. The lowest BCUT2D eigenvalue weighted by Crippen LogP contribution is -2.34. The number of aliphatic hydroxyl groups is 1. The highest BCUT2D eigenvalue weighted by Gasteiger charge is 2.26. The summed E-state index contributed by atoms with van der Waals surface area (Å²) in [5.41, 5.74) is 2.01. The third-order valence-electron chi connectivity index (χ3n) is 4.13. The molecule has 0 saturated heterocycles. The van der Waals surface area contributed by atoms with Crippen molar-refractivity contribution in [3.63, 3.8) is 0 Å². The van der Waals surface area contributed by atoms with Gasteiger partial charge in [0.1, 0.15) is 0 Å². The number of aryl methyl sites for hydroxylation is 2. The third-order valence-corrected chi connectivity index (χ3v) is 5.33. The maximum atomic E-state index is 12.2. The molecule has 7 nitrogen and oxygen atoms in total. The van der Waals surface area contributed by atoms with Crippen molar-refractivity contribution in [1.29, 1.82) is 0 Å². The Hall–Kier alpha value is -2.32. The van der Waals surface area contributed by atoms with Crippen LogP contribution in [0.3, 0.4) is 0 Å². The Kier molecular flexibility index (Phi) is 4.34. The van der Waals surface area contributed by atoms with Crippen molar-refractivity contribution < 1.29 is 22.7 Å². The minimum atomic E-state index is -4.17. The Bertz CT molecular complexity index is 909. The van der Waals surface area contributed by atoms with E-state index in [0.717, 1.165) is 25.5 Å². The first-order valence-electron chi connectivity index (χ1n) is 7.92. The molecule has 1 heterocycles. The van der Waals surface area contributed by atoms with Crippen LogP contribution in [-0.2, 0) is 28.5 Å². The number of anilines is 1. The molecule has 0 unspecified atom stereocenters. The molecule has 0 radical (unpaired) electrons. The van der Waals surface area contributed by atoms with Crippen LogP contribution in [0.1, 0.15) is 37.0 Å². The monoisotopic (exact) mass is 364 g/mol. The molecule has 0 saturated carbocycles. The second kappa shape index (κ2) is 6.20. The van der Waals surface area contributed by atoms with Crippen molar-refractivity contribution in [2.75, 3.05) is 5.32 Å². The average molecular weight is 364 g/mol. The van der Waals surface area contributed by atoms with Gasteiger partial charge in [0.15, 0.2) is 0 Å². The SMILES string of the molecule is CC(C)(O)c1coc(S(=O)(=O)NC(=O)Nc2ccc3c(c2)CCC3)c1. The minimum Gasteiger partial charge on any atom is -0.451 e. The van der Waals surface area contributed by atoms with Crippen LogP contribution in [0.15, 0.2) is 40.0 Å². The average Bonchev–Trinajstić information content (AvgIpc) is 3.15. The molecule has 0 fully saturated rings. The van der Waals surface area contributed by atoms with E-state index in [9.17, 15) is 18.3 Å². The second-order valence-corrected chi connectivity index (χ2v) is 8.22. The lowest BCUT2D eigenvalue weighted by atomic mass is 10.0. The fourth-order valence-corrected chi connectivity index (χ4v) is 3.61. The topological polar surface area (TPSA) is 109 Å². The van der Waals surface area contributed by atoms with Gasteiger partial charge in [0.2, 0.25) is 5.09 Å². The highest BCUT2D eigenvalue weighted by Crippen LogP contribution is 2.26. The molecule has 8 heteroatoms. The molecule has 1 aromatic heterocycles. The number of urea groups is 1. The first-order chi connectivity index (χ1) is 11.6. The van der Waals surface area contributed by atoms with Crippen molar-refractivity contribution in [3.05, 3.63) is 47.2 Å². The number of benzene rings is 1. The summed E-state index contributed by atoms with van der Waals surface area (Å²) in [5, 5.41) is 11.9. The number of amides is 2. The van der Waals surface area contributed by atoms with E-state index in [2.05, 4.69) is 5.32 Å². The Morgan fingerprint density at radius 3 is 2.60 bits per heavy atom. The van der Waals surface area contributed by atoms with Crippen LogP contribution in [0.2, 0.25) is 0 Å². The molecule has 0 spiro atoms. The largest absolute Gasteiger partial charge is 0.451 e. The number of fused-ring (bicyclic) bond motifs is 1. The van der Waals surface area contributed by atoms with Gasteiger partial charge >= 0.3 is 6.03 Å². The van der Waals surface area contributed by atoms with Gasteiger partial charge in [0.25, 0.3) is 10.0 Å². The van der Waals surface area contributed by atoms with Crippen LogP contribution in [0.25, 0.3) is 0 Å². The van der Waals surface area contributed by atoms with Crippen LogP contribution in [-0.4, -0.2) is 19.6 Å². The van der Waals surface area contributed by atoms with Crippen molar-refractivity contribution in [2.45, 2.75) is 43.8 Å². The van der Waals surface area contributed by atoms with Gasteiger partial charge in [-0.3, -0.25) is 0 Å². The minimum absolute atomic E-state index is 0.298. The van der Waals surface area contributed by atoms with E-state index in [1.165, 1.54) is 31.0 Å². The van der Waals surface area contributed by atoms with Gasteiger partial charge in [-0.1, -0.05) is 6.07 Å². The highest BCUT2D eigenvalue weighted by molar-refractivity contribution is 7.89. The first kappa shape index (κ1) is 17.5. The molecule has 2 aromatic rings. The van der Waals surface area contributed by atoms with Gasteiger partial charge < -0.3 is 14.8 Å². The molecular weight excluding hydrogens is 344 g/mol. The normalized spacial score (nSPS) is 14.2. The summed E-state index contributed by atoms with van der Waals surface area (Å²) in [6, 6.07) is 5.85. The van der Waals surface area contributed by atoms with Gasteiger partial charge in [0.05, 0.1) is 11.9 Å². The van der Waals surface area contributed by atoms with Crippen LogP contribution in [0.4, 0.5) is 10.5 Å². The Morgan fingerprint density at radius 2 is 1.92 bits per heavy atom. The fraction of sp³-hybridized carbons (Fsp3) is 0.353. The molecule has 1 aliphatic carbocycles. The van der Waals surface area contributed by atoms with Crippen molar-refractivity contribution >= 4 is 21.7 Å². The summed E-state index contributed by atoms with van der Waals surface area (Å²) >= 11 is 0. The summed E-state index contributed by atoms with van der Waals surface area (Å²) in [7, 11) is -4.17. The number of sulfonamides is 1. The van der Waals surface area contributed by atoms with Gasteiger partial charge in [0, 0.05) is 17.3 Å². The van der Waals surface area contributed by atoms with Crippen LogP contribution >= 0.6 is 0 Å². The zero-order valence-corrected chi connectivity index (χ0v) is 14.8. The lowest BCUT2D eigenvalue weighted by molar-refractivity contribution is 0.0779. The third kappa shape index (κ3) is 3.85. The molecule has 1 aliphatic rings. The molecular formula is C17H20N2O5S. The van der Waals surface area contributed by atoms with Gasteiger partial charge in [-0.25, -0.2) is 9.52 Å². The summed E-state index contributed by atoms with van der Waals surface area (Å²) in [6.07, 6.45) is 4.21. The highest BCUT2D eigenvalue weighted by atomic mass is 32.2. The van der Waals surface area contributed by atoms with E-state index in [0.29, 0.717) is 11.3 Å². The summed E-state index contributed by atoms with van der Waals surface area (Å²) in [6.45, 7) is 3.00. The van der Waals surface area contributed by atoms with Crippen molar-refractivity contribution in [3.8, 4) is 0 Å². The number of carbonyl (C=O) groups is 1. The van der Waals surface area contributed by atoms with Crippen LogP contribution in [0, 0.1) is 0 Å². The molecule has 3 N–H and O–H groups in total. The molecule has 0 atom stereocenters. The van der Waals surface area contributed by atoms with Crippen molar-refractivity contribution in [2.24, 2.45) is 0 Å². The van der Waals surface area contributed by atoms with E-state index in [4.69, 9.17) is 4.42 Å². The number of nitrogens with one attached hydrogen (secondary N) is 2. The summed E-state index contributed by atoms with van der Waals surface area (Å²) in [4.78, 5) is 12.0. The molecule has 0 aliphatic heterocycles. The molecule has 0 bridgehead atoms. The zero-order valence-electron chi connectivity index (χ0n) is 14.0. The van der Waals surface area contributed by atoms with E-state index in [1.807, 2.05) is 16.9 Å². The van der Waals surface area contributed by atoms with Crippen LogP contribution < -0.4 is 10.0 Å². The van der Waals surface area contributed by atoms with Gasteiger partial charge in [-0.15, -0.1) is 0 Å². The fourth-order valence-electron chi connectivity index (χ4n) is 2.76. The first-order valence-corrected chi connectivity index (χ1v) is 9.40. The summed E-state index contributed by atoms with van der Waals surface area (Å²) in [5.74, 6) is 0. The summed E-state index contributed by atoms with van der Waals surface area (Å²) < 4.78 is 31.3. The number of hydrogen-bond donors (Lipinski definition) is 3. The quantitative estimate of drug-likeness (QED) is 0.772. The maximum Gasteiger partial charge on any atom is 0.333 e. The smallest absolute Gasteiger partial charge is 0.333 e. The maximum absolute atomic E-state index is 12.2. The lowest BCUT2D eigenvalue weighted by Gasteiger charge is -2.13. The predicted octanol–water partition coefficient (Wildman–Crippen LogP) is 2.51. The van der Waals surface area contributed by atoms with Gasteiger partial charge in [-0.2, -0.15) is 8.42 Å². The zero-order chi connectivity index (χ0) is 18.2.